The van der Waals surface area contributed by atoms with E-state index in [-0.39, 0.29) is 24.8 Å². The SMILES string of the molecule is COc1cc(CNCc2cccnc2)ccc1OC1CCCC1.Cl.Cl. The summed E-state index contributed by atoms with van der Waals surface area (Å²) < 4.78 is 11.6. The minimum Gasteiger partial charge on any atom is -0.493 e. The number of halogens is 2. The summed E-state index contributed by atoms with van der Waals surface area (Å²) in [5, 5.41) is 3.43. The molecule has 0 aliphatic heterocycles. The van der Waals surface area contributed by atoms with Gasteiger partial charge >= 0.3 is 0 Å². The third-order valence-corrected chi connectivity index (χ3v) is 4.20. The quantitative estimate of drug-likeness (QED) is 0.760. The van der Waals surface area contributed by atoms with Gasteiger partial charge in [-0.15, -0.1) is 24.8 Å². The van der Waals surface area contributed by atoms with Crippen molar-refractivity contribution in [1.29, 1.82) is 0 Å². The van der Waals surface area contributed by atoms with E-state index in [0.717, 1.165) is 37.4 Å². The minimum absolute atomic E-state index is 0. The average Bonchev–Trinajstić information content (AvgIpc) is 3.10. The summed E-state index contributed by atoms with van der Waals surface area (Å²) in [6.07, 6.45) is 8.85. The fraction of sp³-hybridized carbons (Fsp3) is 0.421. The van der Waals surface area contributed by atoms with Gasteiger partial charge in [-0.05, 0) is 55.0 Å². The highest BCUT2D eigenvalue weighted by atomic mass is 35.5. The second-order valence-electron chi connectivity index (χ2n) is 5.97. The molecule has 0 atom stereocenters. The molecule has 2 aromatic rings. The minimum atomic E-state index is 0. The normalized spacial score (nSPS) is 13.6. The number of methoxy groups -OCH3 is 1. The lowest BCUT2D eigenvalue weighted by atomic mass is 10.2. The van der Waals surface area contributed by atoms with Gasteiger partial charge < -0.3 is 14.8 Å². The van der Waals surface area contributed by atoms with Crippen molar-refractivity contribution < 1.29 is 9.47 Å². The van der Waals surface area contributed by atoms with E-state index in [0.29, 0.717) is 6.10 Å². The molecule has 0 saturated heterocycles. The molecule has 1 aromatic heterocycles. The lowest BCUT2D eigenvalue weighted by Crippen LogP contribution is -2.14. The van der Waals surface area contributed by atoms with Crippen LogP contribution in [-0.4, -0.2) is 18.2 Å². The van der Waals surface area contributed by atoms with Gasteiger partial charge in [-0.2, -0.15) is 0 Å². The Bertz CT molecular complexity index is 620. The molecular weight excluding hydrogens is 359 g/mol. The number of hydrogen-bond acceptors (Lipinski definition) is 4. The van der Waals surface area contributed by atoms with Crippen molar-refractivity contribution in [2.45, 2.75) is 44.9 Å². The van der Waals surface area contributed by atoms with Crippen LogP contribution in [-0.2, 0) is 13.1 Å². The monoisotopic (exact) mass is 384 g/mol. The standard InChI is InChI=1S/C19H24N2O2.2ClH/c1-22-19-11-15(12-21-14-16-5-4-10-20-13-16)8-9-18(19)23-17-6-2-3-7-17;;/h4-5,8-11,13,17,21H,2-3,6-7,12,14H2,1H3;2*1H. The van der Waals surface area contributed by atoms with Gasteiger partial charge in [-0.1, -0.05) is 12.1 Å². The van der Waals surface area contributed by atoms with Crippen LogP contribution >= 0.6 is 24.8 Å². The molecule has 25 heavy (non-hydrogen) atoms. The third-order valence-electron chi connectivity index (χ3n) is 4.20. The van der Waals surface area contributed by atoms with Crippen LogP contribution in [0.25, 0.3) is 0 Å². The van der Waals surface area contributed by atoms with Crippen molar-refractivity contribution in [1.82, 2.24) is 10.3 Å². The fourth-order valence-corrected chi connectivity index (χ4v) is 2.96. The Balaban J connectivity index is 0.00000156. The summed E-state index contributed by atoms with van der Waals surface area (Å²) in [7, 11) is 1.70. The topological polar surface area (TPSA) is 43.4 Å². The first-order chi connectivity index (χ1) is 11.3. The highest BCUT2D eigenvalue weighted by Crippen LogP contribution is 2.32. The van der Waals surface area contributed by atoms with Gasteiger partial charge in [0.2, 0.25) is 0 Å². The van der Waals surface area contributed by atoms with Crippen molar-refractivity contribution in [2.24, 2.45) is 0 Å². The fourth-order valence-electron chi connectivity index (χ4n) is 2.96. The van der Waals surface area contributed by atoms with Gasteiger partial charge in [-0.3, -0.25) is 4.98 Å². The van der Waals surface area contributed by atoms with Crippen LogP contribution in [0.15, 0.2) is 42.7 Å². The summed E-state index contributed by atoms with van der Waals surface area (Å²) >= 11 is 0. The summed E-state index contributed by atoms with van der Waals surface area (Å²) in [6.45, 7) is 1.59. The maximum atomic E-state index is 6.07. The van der Waals surface area contributed by atoms with E-state index in [1.165, 1.54) is 24.0 Å². The predicted octanol–water partition coefficient (Wildman–Crippen LogP) is 4.55. The molecule has 0 radical (unpaired) electrons. The molecule has 0 amide bonds. The molecule has 4 nitrogen and oxygen atoms in total. The smallest absolute Gasteiger partial charge is 0.161 e. The molecule has 0 spiro atoms. The van der Waals surface area contributed by atoms with Crippen LogP contribution < -0.4 is 14.8 Å². The first-order valence-electron chi connectivity index (χ1n) is 8.28. The zero-order valence-corrected chi connectivity index (χ0v) is 16.1. The maximum Gasteiger partial charge on any atom is 0.161 e. The number of hydrogen-bond donors (Lipinski definition) is 1. The molecule has 1 aromatic carbocycles. The van der Waals surface area contributed by atoms with Crippen LogP contribution in [0.4, 0.5) is 0 Å². The molecule has 1 aliphatic rings. The summed E-state index contributed by atoms with van der Waals surface area (Å²) in [5.74, 6) is 1.67. The van der Waals surface area contributed by atoms with Crippen molar-refractivity contribution in [3.63, 3.8) is 0 Å². The van der Waals surface area contributed by atoms with Crippen molar-refractivity contribution in [3.05, 3.63) is 53.9 Å². The molecule has 6 heteroatoms. The Morgan fingerprint density at radius 3 is 2.48 bits per heavy atom. The number of pyridine rings is 1. The highest BCUT2D eigenvalue weighted by molar-refractivity contribution is 5.85. The number of aromatic nitrogens is 1. The van der Waals surface area contributed by atoms with Crippen molar-refractivity contribution >= 4 is 24.8 Å². The van der Waals surface area contributed by atoms with E-state index < -0.39 is 0 Å². The van der Waals surface area contributed by atoms with Gasteiger partial charge in [0.1, 0.15) is 0 Å². The van der Waals surface area contributed by atoms with Crippen LogP contribution in [0, 0.1) is 0 Å². The maximum absolute atomic E-state index is 6.07. The molecule has 138 valence electrons. The Morgan fingerprint density at radius 2 is 1.80 bits per heavy atom. The third kappa shape index (κ3) is 6.38. The molecule has 1 saturated carbocycles. The zero-order valence-electron chi connectivity index (χ0n) is 14.4. The van der Waals surface area contributed by atoms with Crippen LogP contribution in [0.5, 0.6) is 11.5 Å². The van der Waals surface area contributed by atoms with Crippen LogP contribution in [0.3, 0.4) is 0 Å². The Hall–Kier alpha value is -1.49. The van der Waals surface area contributed by atoms with E-state index in [1.54, 1.807) is 13.3 Å². The average molecular weight is 385 g/mol. The van der Waals surface area contributed by atoms with Crippen molar-refractivity contribution in [2.75, 3.05) is 7.11 Å². The lowest BCUT2D eigenvalue weighted by molar-refractivity contribution is 0.200. The van der Waals surface area contributed by atoms with Crippen LogP contribution in [0.2, 0.25) is 0 Å². The van der Waals surface area contributed by atoms with E-state index in [1.807, 2.05) is 18.3 Å². The second kappa shape index (κ2) is 11.2. The zero-order chi connectivity index (χ0) is 15.9. The Kier molecular flexibility index (Phi) is 9.65. The van der Waals surface area contributed by atoms with Gasteiger partial charge in [0, 0.05) is 25.5 Å². The Labute approximate surface area is 162 Å². The van der Waals surface area contributed by atoms with Gasteiger partial charge in [-0.25, -0.2) is 0 Å². The molecule has 0 unspecified atom stereocenters. The summed E-state index contributed by atoms with van der Waals surface area (Å²) in [4.78, 5) is 4.12. The van der Waals surface area contributed by atoms with E-state index >= 15 is 0 Å². The molecule has 3 rings (SSSR count). The molecular formula is C19H26Cl2N2O2. The molecule has 1 fully saturated rings. The number of benzene rings is 1. The molecule has 1 N–H and O–H groups in total. The number of nitrogens with zero attached hydrogens (tertiary/aromatic N) is 1. The van der Waals surface area contributed by atoms with Gasteiger partial charge in [0.25, 0.3) is 0 Å². The molecule has 1 heterocycles. The number of ether oxygens (including phenoxy) is 2. The summed E-state index contributed by atoms with van der Waals surface area (Å²) in [6, 6.07) is 10.2. The highest BCUT2D eigenvalue weighted by Gasteiger charge is 2.18. The lowest BCUT2D eigenvalue weighted by Gasteiger charge is -2.16. The second-order valence-corrected chi connectivity index (χ2v) is 5.97. The molecule has 1 aliphatic carbocycles. The number of nitrogens with one attached hydrogen (secondary N) is 1. The first-order valence-corrected chi connectivity index (χ1v) is 8.28. The largest absolute Gasteiger partial charge is 0.493 e. The Morgan fingerprint density at radius 1 is 1.04 bits per heavy atom. The summed E-state index contributed by atoms with van der Waals surface area (Å²) in [5.41, 5.74) is 2.37. The van der Waals surface area contributed by atoms with E-state index in [4.69, 9.17) is 9.47 Å². The van der Waals surface area contributed by atoms with E-state index in [9.17, 15) is 0 Å². The number of rotatable bonds is 7. The van der Waals surface area contributed by atoms with Gasteiger partial charge in [0.05, 0.1) is 13.2 Å². The predicted molar refractivity (Wildman–Crippen MR) is 105 cm³/mol. The first kappa shape index (κ1) is 21.6. The van der Waals surface area contributed by atoms with Gasteiger partial charge in [0.15, 0.2) is 11.5 Å². The van der Waals surface area contributed by atoms with E-state index in [2.05, 4.69) is 28.5 Å². The molecule has 0 bridgehead atoms. The van der Waals surface area contributed by atoms with Crippen molar-refractivity contribution in [3.8, 4) is 11.5 Å². The van der Waals surface area contributed by atoms with Crippen LogP contribution in [0.1, 0.15) is 36.8 Å².